The van der Waals surface area contributed by atoms with Gasteiger partial charge in [0.2, 0.25) is 0 Å². The SMILES string of the molecule is Cc1ccc(C(=O)N=C2C(Cl)=C(Cl)C(=O)[C@](Cl)(C(C)(C)C)[C@@H]2Cl)cc1. The van der Waals surface area contributed by atoms with E-state index in [0.29, 0.717) is 5.56 Å². The fourth-order valence-electron chi connectivity index (χ4n) is 2.48. The number of aryl methyl sites for hydroxylation is 1. The maximum atomic E-state index is 12.6. The van der Waals surface area contributed by atoms with Gasteiger partial charge in [0.05, 0.1) is 10.7 Å². The summed E-state index contributed by atoms with van der Waals surface area (Å²) in [5.74, 6) is -1.11. The van der Waals surface area contributed by atoms with E-state index < -0.39 is 27.4 Å². The summed E-state index contributed by atoms with van der Waals surface area (Å²) in [5, 5.41) is -1.52. The van der Waals surface area contributed by atoms with E-state index in [0.717, 1.165) is 5.56 Å². The molecule has 1 aromatic carbocycles. The summed E-state index contributed by atoms with van der Waals surface area (Å²) in [6.45, 7) is 7.19. The predicted molar refractivity (Wildman–Crippen MR) is 104 cm³/mol. The average Bonchev–Trinajstić information content (AvgIpc) is 2.54. The van der Waals surface area contributed by atoms with Gasteiger partial charge in [-0.25, -0.2) is 4.99 Å². The van der Waals surface area contributed by atoms with Crippen LogP contribution in [0.25, 0.3) is 0 Å². The summed E-state index contributed by atoms with van der Waals surface area (Å²) in [6.07, 6.45) is 0. The van der Waals surface area contributed by atoms with Crippen molar-refractivity contribution in [2.75, 3.05) is 0 Å². The number of halogens is 4. The van der Waals surface area contributed by atoms with Crippen molar-refractivity contribution in [1.29, 1.82) is 0 Å². The van der Waals surface area contributed by atoms with Gasteiger partial charge >= 0.3 is 0 Å². The van der Waals surface area contributed by atoms with E-state index in [1.54, 1.807) is 45.0 Å². The van der Waals surface area contributed by atoms with Gasteiger partial charge in [0, 0.05) is 5.56 Å². The summed E-state index contributed by atoms with van der Waals surface area (Å²) >= 11 is 25.3. The number of carbonyl (C=O) groups is 2. The number of ketones is 1. The molecular formula is C18H17Cl4NO2. The quantitative estimate of drug-likeness (QED) is 0.564. The molecule has 0 saturated carbocycles. The largest absolute Gasteiger partial charge is 0.291 e. The highest BCUT2D eigenvalue weighted by Crippen LogP contribution is 2.49. The molecule has 0 heterocycles. The molecule has 0 spiro atoms. The van der Waals surface area contributed by atoms with Crippen LogP contribution in [-0.4, -0.2) is 27.7 Å². The predicted octanol–water partition coefficient (Wildman–Crippen LogP) is 5.48. The van der Waals surface area contributed by atoms with E-state index in [4.69, 9.17) is 46.4 Å². The van der Waals surface area contributed by atoms with Crippen molar-refractivity contribution in [2.24, 2.45) is 10.4 Å². The summed E-state index contributed by atoms with van der Waals surface area (Å²) < 4.78 is 0. The van der Waals surface area contributed by atoms with Crippen LogP contribution in [0.5, 0.6) is 0 Å². The number of hydrogen-bond donors (Lipinski definition) is 0. The van der Waals surface area contributed by atoms with Gasteiger partial charge in [-0.05, 0) is 24.5 Å². The highest BCUT2D eigenvalue weighted by Gasteiger charge is 2.58. The molecule has 0 aliphatic heterocycles. The van der Waals surface area contributed by atoms with Gasteiger partial charge in [-0.1, -0.05) is 61.7 Å². The molecule has 0 radical (unpaired) electrons. The second-order valence-corrected chi connectivity index (χ2v) is 8.74. The fraction of sp³-hybridized carbons (Fsp3) is 0.389. The molecule has 0 saturated heterocycles. The summed E-state index contributed by atoms with van der Waals surface area (Å²) in [7, 11) is 0. The number of carbonyl (C=O) groups excluding carboxylic acids is 2. The zero-order valence-electron chi connectivity index (χ0n) is 14.2. The molecule has 0 aromatic heterocycles. The van der Waals surface area contributed by atoms with Crippen LogP contribution in [0.3, 0.4) is 0 Å². The number of aliphatic imine (C=N–C) groups is 1. The van der Waals surface area contributed by atoms with Crippen molar-refractivity contribution in [3.63, 3.8) is 0 Å². The molecule has 0 bridgehead atoms. The van der Waals surface area contributed by atoms with Crippen molar-refractivity contribution in [2.45, 2.75) is 37.9 Å². The van der Waals surface area contributed by atoms with Crippen molar-refractivity contribution in [1.82, 2.24) is 0 Å². The molecule has 0 fully saturated rings. The zero-order chi connectivity index (χ0) is 19.2. The molecule has 3 nitrogen and oxygen atoms in total. The Bertz CT molecular complexity index is 790. The van der Waals surface area contributed by atoms with Crippen LogP contribution in [-0.2, 0) is 4.79 Å². The molecule has 0 N–H and O–H groups in total. The topological polar surface area (TPSA) is 46.5 Å². The molecule has 1 amide bonds. The van der Waals surface area contributed by atoms with Gasteiger partial charge in [-0.2, -0.15) is 0 Å². The van der Waals surface area contributed by atoms with Crippen LogP contribution >= 0.6 is 46.4 Å². The molecule has 25 heavy (non-hydrogen) atoms. The number of benzene rings is 1. The minimum atomic E-state index is -1.57. The first kappa shape index (κ1) is 20.4. The van der Waals surface area contributed by atoms with Crippen LogP contribution < -0.4 is 0 Å². The standard InChI is InChI=1S/C18H17Cl4NO2/c1-9-5-7-10(8-6-9)16(25)23-13-11(19)12(20)15(24)18(22,14(13)21)17(2,3)4/h5-8,14H,1-4H3/t14-,18+/m1/s1. The molecule has 7 heteroatoms. The number of hydrogen-bond acceptors (Lipinski definition) is 2. The first-order valence-corrected chi connectivity index (χ1v) is 9.11. The van der Waals surface area contributed by atoms with Gasteiger partial charge < -0.3 is 0 Å². The molecule has 0 unspecified atom stereocenters. The lowest BCUT2D eigenvalue weighted by molar-refractivity contribution is -0.119. The van der Waals surface area contributed by atoms with E-state index in [1.165, 1.54) is 0 Å². The first-order valence-electron chi connectivity index (χ1n) is 7.54. The summed E-state index contributed by atoms with van der Waals surface area (Å²) in [5.41, 5.74) is 0.638. The summed E-state index contributed by atoms with van der Waals surface area (Å²) in [4.78, 5) is 27.5. The molecule has 2 atom stereocenters. The molecule has 1 aromatic rings. The molecular weight excluding hydrogens is 404 g/mol. The van der Waals surface area contributed by atoms with Crippen LogP contribution in [0.1, 0.15) is 36.7 Å². The monoisotopic (exact) mass is 419 g/mol. The van der Waals surface area contributed by atoms with Gasteiger partial charge in [0.1, 0.15) is 15.3 Å². The van der Waals surface area contributed by atoms with E-state index in [2.05, 4.69) is 4.99 Å². The number of amides is 1. The van der Waals surface area contributed by atoms with E-state index >= 15 is 0 Å². The highest BCUT2D eigenvalue weighted by atomic mass is 35.5. The smallest absolute Gasteiger partial charge is 0.277 e. The Balaban J connectivity index is 2.57. The number of allylic oxidation sites excluding steroid dienone is 2. The second-order valence-electron chi connectivity index (χ2n) is 6.95. The number of rotatable bonds is 1. The normalized spacial score (nSPS) is 26.3. The van der Waals surface area contributed by atoms with Crippen LogP contribution in [0, 0.1) is 12.3 Å². The third kappa shape index (κ3) is 3.52. The third-order valence-electron chi connectivity index (χ3n) is 4.15. The zero-order valence-corrected chi connectivity index (χ0v) is 17.2. The number of Topliss-reactive ketones (excluding diaryl/α,β-unsaturated/α-hetero) is 1. The van der Waals surface area contributed by atoms with Crippen molar-refractivity contribution >= 4 is 63.8 Å². The average molecular weight is 421 g/mol. The minimum Gasteiger partial charge on any atom is -0.291 e. The Hall–Kier alpha value is -0.870. The molecule has 1 aliphatic rings. The maximum absolute atomic E-state index is 12.6. The minimum absolute atomic E-state index is 0.00318. The number of nitrogens with zero attached hydrogens (tertiary/aromatic N) is 1. The lowest BCUT2D eigenvalue weighted by atomic mass is 9.71. The third-order valence-corrected chi connectivity index (χ3v) is 6.59. The van der Waals surface area contributed by atoms with E-state index in [1.807, 2.05) is 6.92 Å². The molecule has 2 rings (SSSR count). The molecule has 1 aliphatic carbocycles. The van der Waals surface area contributed by atoms with Gasteiger partial charge in [-0.15, -0.1) is 23.2 Å². The van der Waals surface area contributed by atoms with Gasteiger partial charge in [-0.3, -0.25) is 9.59 Å². The number of alkyl halides is 2. The van der Waals surface area contributed by atoms with Crippen molar-refractivity contribution < 1.29 is 9.59 Å². The molecule has 134 valence electrons. The Morgan fingerprint density at radius 3 is 2.12 bits per heavy atom. The van der Waals surface area contributed by atoms with Crippen molar-refractivity contribution in [3.05, 3.63) is 45.5 Å². The Labute approximate surface area is 167 Å². The van der Waals surface area contributed by atoms with E-state index in [-0.39, 0.29) is 15.8 Å². The van der Waals surface area contributed by atoms with Crippen molar-refractivity contribution in [3.8, 4) is 0 Å². The fourth-order valence-corrected chi connectivity index (χ4v) is 3.85. The Morgan fingerprint density at radius 2 is 1.64 bits per heavy atom. The maximum Gasteiger partial charge on any atom is 0.277 e. The van der Waals surface area contributed by atoms with Crippen LogP contribution in [0.15, 0.2) is 39.3 Å². The van der Waals surface area contributed by atoms with Crippen LogP contribution in [0.2, 0.25) is 0 Å². The van der Waals surface area contributed by atoms with Crippen LogP contribution in [0.4, 0.5) is 0 Å². The Kier molecular flexibility index (Phi) is 5.75. The summed E-state index contributed by atoms with van der Waals surface area (Å²) in [6, 6.07) is 6.88. The highest BCUT2D eigenvalue weighted by molar-refractivity contribution is 6.65. The van der Waals surface area contributed by atoms with E-state index in [9.17, 15) is 9.59 Å². The first-order chi connectivity index (χ1) is 11.4. The lowest BCUT2D eigenvalue weighted by Crippen LogP contribution is -2.57. The Morgan fingerprint density at radius 1 is 1.12 bits per heavy atom. The lowest BCUT2D eigenvalue weighted by Gasteiger charge is -2.43. The van der Waals surface area contributed by atoms with Gasteiger partial charge in [0.15, 0.2) is 5.78 Å². The van der Waals surface area contributed by atoms with Gasteiger partial charge in [0.25, 0.3) is 5.91 Å². The second kappa shape index (κ2) is 7.03.